The molecule has 1 aromatic heterocycles. The molecule has 0 radical (unpaired) electrons. The van der Waals surface area contributed by atoms with Gasteiger partial charge in [-0.3, -0.25) is 4.79 Å². The molecule has 1 amide bonds. The summed E-state index contributed by atoms with van der Waals surface area (Å²) in [6.07, 6.45) is 1.50. The molecule has 1 unspecified atom stereocenters. The Hall–Kier alpha value is -2.16. The second-order valence-electron chi connectivity index (χ2n) is 6.05. The first-order valence-corrected chi connectivity index (χ1v) is 9.43. The average molecular weight is 382 g/mol. The molecule has 1 aliphatic rings. The van der Waals surface area contributed by atoms with E-state index in [1.54, 1.807) is 6.92 Å². The van der Waals surface area contributed by atoms with Gasteiger partial charge < -0.3 is 14.6 Å². The van der Waals surface area contributed by atoms with E-state index in [9.17, 15) is 13.6 Å². The summed E-state index contributed by atoms with van der Waals surface area (Å²) in [5, 5.41) is 11.8. The van der Waals surface area contributed by atoms with Crippen LogP contribution in [-0.2, 0) is 11.3 Å². The lowest BCUT2D eigenvalue weighted by atomic mass is 10.3. The van der Waals surface area contributed by atoms with Gasteiger partial charge in [-0.15, -0.1) is 10.2 Å². The minimum atomic E-state index is -0.772. The highest BCUT2D eigenvalue weighted by Gasteiger charge is 2.24. The van der Waals surface area contributed by atoms with Crippen LogP contribution in [0.5, 0.6) is 5.75 Å². The van der Waals surface area contributed by atoms with E-state index in [4.69, 9.17) is 4.74 Å². The van der Waals surface area contributed by atoms with Gasteiger partial charge in [-0.1, -0.05) is 11.8 Å². The molecule has 6 nitrogen and oxygen atoms in total. The first-order chi connectivity index (χ1) is 12.5. The number of nitrogens with one attached hydrogen (secondary N) is 1. The van der Waals surface area contributed by atoms with Crippen molar-refractivity contribution in [3.63, 3.8) is 0 Å². The number of hydrogen-bond donors (Lipinski definition) is 1. The number of benzene rings is 1. The number of ether oxygens (including phenoxy) is 1. The smallest absolute Gasteiger partial charge is 0.230 e. The van der Waals surface area contributed by atoms with Gasteiger partial charge in [0.05, 0.1) is 5.75 Å². The lowest BCUT2D eigenvalue weighted by Crippen LogP contribution is -2.27. The molecule has 1 saturated carbocycles. The van der Waals surface area contributed by atoms with Crippen molar-refractivity contribution in [2.24, 2.45) is 0 Å². The minimum absolute atomic E-state index is 0.0256. The van der Waals surface area contributed by atoms with Gasteiger partial charge in [-0.25, -0.2) is 8.78 Å². The van der Waals surface area contributed by atoms with E-state index >= 15 is 0 Å². The first kappa shape index (κ1) is 18.6. The molecule has 1 N–H and O–H groups in total. The van der Waals surface area contributed by atoms with Crippen LogP contribution in [0.15, 0.2) is 23.4 Å². The van der Waals surface area contributed by atoms with E-state index < -0.39 is 17.7 Å². The van der Waals surface area contributed by atoms with Crippen LogP contribution in [0.3, 0.4) is 0 Å². The maximum absolute atomic E-state index is 13.8. The van der Waals surface area contributed by atoms with E-state index in [0.717, 1.165) is 25.0 Å². The number of amides is 1. The summed E-state index contributed by atoms with van der Waals surface area (Å²) < 4.78 is 34.2. The zero-order valence-corrected chi connectivity index (χ0v) is 15.4. The molecule has 26 heavy (non-hydrogen) atoms. The Morgan fingerprint density at radius 3 is 2.85 bits per heavy atom. The highest BCUT2D eigenvalue weighted by Crippen LogP contribution is 2.27. The minimum Gasteiger partial charge on any atom is -0.480 e. The zero-order chi connectivity index (χ0) is 18.7. The molecule has 9 heteroatoms. The van der Waals surface area contributed by atoms with Crippen molar-refractivity contribution >= 4 is 17.7 Å². The maximum Gasteiger partial charge on any atom is 0.230 e. The van der Waals surface area contributed by atoms with Crippen LogP contribution in [0.2, 0.25) is 0 Å². The van der Waals surface area contributed by atoms with Crippen LogP contribution < -0.4 is 10.1 Å². The Kier molecular flexibility index (Phi) is 5.75. The highest BCUT2D eigenvalue weighted by atomic mass is 32.2. The quantitative estimate of drug-likeness (QED) is 0.711. The van der Waals surface area contributed by atoms with Gasteiger partial charge in [-0.05, 0) is 38.8 Å². The third-order valence-electron chi connectivity index (χ3n) is 3.90. The second kappa shape index (κ2) is 8.03. The Morgan fingerprint density at radius 1 is 1.42 bits per heavy atom. The van der Waals surface area contributed by atoms with Crippen molar-refractivity contribution in [1.82, 2.24) is 20.1 Å². The fourth-order valence-electron chi connectivity index (χ4n) is 2.45. The third kappa shape index (κ3) is 4.51. The summed E-state index contributed by atoms with van der Waals surface area (Å²) in [4.78, 5) is 11.8. The number of aromatic nitrogens is 3. The SMILES string of the molecule is CCn1c(SCC(=O)NC2CC2)nnc1C(C)Oc1ccc(F)cc1F. The van der Waals surface area contributed by atoms with Crippen molar-refractivity contribution in [2.45, 2.75) is 50.5 Å². The average Bonchev–Trinajstić information content (AvgIpc) is 3.31. The number of carbonyl (C=O) groups is 1. The van der Waals surface area contributed by atoms with Crippen LogP contribution in [0.1, 0.15) is 38.6 Å². The predicted octanol–water partition coefficient (Wildman–Crippen LogP) is 3.09. The van der Waals surface area contributed by atoms with Gasteiger partial charge in [0.2, 0.25) is 5.91 Å². The van der Waals surface area contributed by atoms with Crippen LogP contribution in [-0.4, -0.2) is 32.5 Å². The molecule has 140 valence electrons. The summed E-state index contributed by atoms with van der Waals surface area (Å²) in [5.41, 5.74) is 0. The standard InChI is InChI=1S/C17H20F2N4O2S/c1-3-23-16(10(2)25-14-7-4-11(18)8-13(14)19)21-22-17(23)26-9-15(24)20-12-5-6-12/h4,7-8,10,12H,3,5-6,9H2,1-2H3,(H,20,24). The molecule has 1 aliphatic carbocycles. The molecular weight excluding hydrogens is 362 g/mol. The third-order valence-corrected chi connectivity index (χ3v) is 4.86. The van der Waals surface area contributed by atoms with Crippen molar-refractivity contribution < 1.29 is 18.3 Å². The van der Waals surface area contributed by atoms with Crippen molar-refractivity contribution in [1.29, 1.82) is 0 Å². The lowest BCUT2D eigenvalue weighted by molar-refractivity contribution is -0.118. The number of halogens is 2. The summed E-state index contributed by atoms with van der Waals surface area (Å²) in [6, 6.07) is 3.47. The van der Waals surface area contributed by atoms with Crippen LogP contribution >= 0.6 is 11.8 Å². The van der Waals surface area contributed by atoms with E-state index in [1.165, 1.54) is 17.8 Å². The summed E-state index contributed by atoms with van der Waals surface area (Å²) in [6.45, 7) is 4.22. The van der Waals surface area contributed by atoms with Gasteiger partial charge in [0, 0.05) is 18.7 Å². The first-order valence-electron chi connectivity index (χ1n) is 8.45. The molecule has 1 atom stereocenters. The van der Waals surface area contributed by atoms with Gasteiger partial charge in [0.25, 0.3) is 0 Å². The topological polar surface area (TPSA) is 69.0 Å². The van der Waals surface area contributed by atoms with Gasteiger partial charge in [0.15, 0.2) is 28.7 Å². The molecular formula is C17H20F2N4O2S. The van der Waals surface area contributed by atoms with Crippen molar-refractivity contribution in [3.8, 4) is 5.75 Å². The number of nitrogens with zero attached hydrogens (tertiary/aromatic N) is 3. The Morgan fingerprint density at radius 2 is 2.19 bits per heavy atom. The molecule has 1 heterocycles. The van der Waals surface area contributed by atoms with E-state index in [0.29, 0.717) is 23.6 Å². The molecule has 1 aromatic carbocycles. The molecule has 3 rings (SSSR count). The summed E-state index contributed by atoms with van der Waals surface area (Å²) >= 11 is 1.30. The van der Waals surface area contributed by atoms with E-state index in [1.807, 2.05) is 11.5 Å². The Labute approximate surface area is 154 Å². The van der Waals surface area contributed by atoms with Crippen molar-refractivity contribution in [2.75, 3.05) is 5.75 Å². The molecule has 0 spiro atoms. The summed E-state index contributed by atoms with van der Waals surface area (Å²) in [7, 11) is 0. The molecule has 1 fully saturated rings. The number of rotatable bonds is 8. The fraction of sp³-hybridized carbons (Fsp3) is 0.471. The molecule has 0 saturated heterocycles. The van der Waals surface area contributed by atoms with Crippen LogP contribution in [0, 0.1) is 11.6 Å². The zero-order valence-electron chi connectivity index (χ0n) is 14.5. The van der Waals surface area contributed by atoms with Crippen molar-refractivity contribution in [3.05, 3.63) is 35.7 Å². The maximum atomic E-state index is 13.8. The van der Waals surface area contributed by atoms with Gasteiger partial charge in [-0.2, -0.15) is 0 Å². The molecule has 0 bridgehead atoms. The molecule has 0 aliphatic heterocycles. The summed E-state index contributed by atoms with van der Waals surface area (Å²) in [5.74, 6) is -0.740. The normalized spacial score (nSPS) is 14.9. The number of hydrogen-bond acceptors (Lipinski definition) is 5. The number of thioether (sulfide) groups is 1. The second-order valence-corrected chi connectivity index (χ2v) is 6.99. The van der Waals surface area contributed by atoms with Crippen LogP contribution in [0.25, 0.3) is 0 Å². The Bertz CT molecular complexity index is 795. The monoisotopic (exact) mass is 382 g/mol. The van der Waals surface area contributed by atoms with Gasteiger partial charge >= 0.3 is 0 Å². The van der Waals surface area contributed by atoms with E-state index in [-0.39, 0.29) is 17.4 Å². The highest BCUT2D eigenvalue weighted by molar-refractivity contribution is 7.99. The predicted molar refractivity (Wildman–Crippen MR) is 93.0 cm³/mol. The van der Waals surface area contributed by atoms with Crippen LogP contribution in [0.4, 0.5) is 8.78 Å². The van der Waals surface area contributed by atoms with Gasteiger partial charge in [0.1, 0.15) is 5.82 Å². The molecule has 2 aromatic rings. The van der Waals surface area contributed by atoms with E-state index in [2.05, 4.69) is 15.5 Å². The Balaban J connectivity index is 1.66. The fourth-order valence-corrected chi connectivity index (χ4v) is 3.27. The lowest BCUT2D eigenvalue weighted by Gasteiger charge is -2.16. The number of carbonyl (C=O) groups excluding carboxylic acids is 1. The largest absolute Gasteiger partial charge is 0.480 e.